The minimum atomic E-state index is 0.0215. The van der Waals surface area contributed by atoms with E-state index in [-0.39, 0.29) is 11.2 Å². The van der Waals surface area contributed by atoms with Crippen LogP contribution in [0.3, 0.4) is 0 Å². The maximum absolute atomic E-state index is 6.68. The Bertz CT molecular complexity index is 636. The Morgan fingerprint density at radius 3 is 1.29 bits per heavy atom. The molecule has 0 aliphatic heterocycles. The van der Waals surface area contributed by atoms with Crippen LogP contribution in [0.5, 0.6) is 0 Å². The molecule has 0 heterocycles. The highest BCUT2D eigenvalue weighted by molar-refractivity contribution is 5.18. The largest absolute Gasteiger partial charge is 0.362 e. The molecule has 28 heavy (non-hydrogen) atoms. The van der Waals surface area contributed by atoms with Crippen LogP contribution in [0.15, 0.2) is 0 Å². The molecule has 0 amide bonds. The molecule has 8 rings (SSSR count). The summed E-state index contributed by atoms with van der Waals surface area (Å²) in [5.74, 6) is 12.0. The van der Waals surface area contributed by atoms with Gasteiger partial charge in [-0.3, -0.25) is 0 Å². The Morgan fingerprint density at radius 1 is 0.607 bits per heavy atom. The van der Waals surface area contributed by atoms with Crippen molar-refractivity contribution in [3.05, 3.63) is 0 Å². The minimum absolute atomic E-state index is 0.0215. The number of hydrogen-bond donors (Lipinski definition) is 0. The normalized spacial score (nSPS) is 55.2. The molecule has 0 spiro atoms. The van der Waals surface area contributed by atoms with Crippen LogP contribution in [0.4, 0.5) is 0 Å². The molecule has 6 atom stereocenters. The van der Waals surface area contributed by atoms with Crippen molar-refractivity contribution in [2.45, 2.75) is 75.4 Å². The highest BCUT2D eigenvalue weighted by atomic mass is 16.5. The lowest BCUT2D eigenvalue weighted by Crippen LogP contribution is -2.69. The maximum atomic E-state index is 6.68. The zero-order chi connectivity index (χ0) is 18.9. The zero-order valence-electron chi connectivity index (χ0n) is 17.1. The van der Waals surface area contributed by atoms with Crippen molar-refractivity contribution in [3.63, 3.8) is 0 Å². The van der Waals surface area contributed by atoms with Gasteiger partial charge in [-0.1, -0.05) is 11.8 Å². The maximum Gasteiger partial charge on any atom is 0.108 e. The van der Waals surface area contributed by atoms with Crippen LogP contribution in [-0.2, 0) is 9.47 Å². The first-order valence-electron chi connectivity index (χ1n) is 11.8. The van der Waals surface area contributed by atoms with E-state index in [1.165, 1.54) is 64.2 Å². The molecular formula is C26H34O2. The number of ether oxygens (including phenoxy) is 2. The van der Waals surface area contributed by atoms with Crippen LogP contribution in [0, 0.1) is 72.0 Å². The lowest BCUT2D eigenvalue weighted by molar-refractivity contribution is -0.278. The van der Waals surface area contributed by atoms with Crippen LogP contribution in [-0.4, -0.2) is 24.4 Å². The molecule has 8 fully saturated rings. The molecule has 0 radical (unpaired) electrons. The fraction of sp³-hybridized carbons (Fsp3) is 0.846. The summed E-state index contributed by atoms with van der Waals surface area (Å²) < 4.78 is 13.4. The van der Waals surface area contributed by atoms with Gasteiger partial charge in [0.15, 0.2) is 0 Å². The second-order valence-corrected chi connectivity index (χ2v) is 11.4. The molecule has 8 aliphatic carbocycles. The summed E-state index contributed by atoms with van der Waals surface area (Å²) in [6.45, 7) is 0.951. The van der Waals surface area contributed by atoms with Crippen molar-refractivity contribution >= 4 is 0 Å². The molecule has 0 aromatic heterocycles. The van der Waals surface area contributed by atoms with E-state index in [1.54, 1.807) is 0 Å². The van der Waals surface area contributed by atoms with Gasteiger partial charge in [0.25, 0.3) is 0 Å². The molecule has 150 valence electrons. The Balaban J connectivity index is 1.41. The van der Waals surface area contributed by atoms with E-state index < -0.39 is 0 Å². The van der Waals surface area contributed by atoms with Gasteiger partial charge in [-0.2, -0.15) is 0 Å². The van der Waals surface area contributed by atoms with E-state index >= 15 is 0 Å². The van der Waals surface area contributed by atoms with Gasteiger partial charge in [-0.25, -0.2) is 0 Å². The Hall–Kier alpha value is -0.960. The van der Waals surface area contributed by atoms with Gasteiger partial charge in [-0.05, 0) is 112 Å². The van der Waals surface area contributed by atoms with Gasteiger partial charge >= 0.3 is 0 Å². The Morgan fingerprint density at radius 2 is 0.964 bits per heavy atom. The van der Waals surface area contributed by atoms with E-state index in [2.05, 4.69) is 11.8 Å². The Labute approximate surface area is 170 Å². The van der Waals surface area contributed by atoms with Crippen LogP contribution >= 0.6 is 0 Å². The molecule has 2 nitrogen and oxygen atoms in total. The van der Waals surface area contributed by atoms with Gasteiger partial charge in [0.1, 0.15) is 13.2 Å². The third-order valence-corrected chi connectivity index (χ3v) is 9.92. The molecule has 8 bridgehead atoms. The highest BCUT2D eigenvalue weighted by Gasteiger charge is 2.67. The number of rotatable bonds is 5. The highest BCUT2D eigenvalue weighted by Crippen LogP contribution is 2.69. The first-order chi connectivity index (χ1) is 13.6. The van der Waals surface area contributed by atoms with Crippen molar-refractivity contribution in [1.29, 1.82) is 0 Å². The quantitative estimate of drug-likeness (QED) is 0.647. The SMILES string of the molecule is C#CCOC12CC3CC(CC(C3)C1C1C3CC4CC(C3)CC1(OCC#C)C4)C2. The first kappa shape index (κ1) is 17.9. The summed E-state index contributed by atoms with van der Waals surface area (Å²) in [5.41, 5.74) is 0.0430. The second kappa shape index (κ2) is 6.27. The smallest absolute Gasteiger partial charge is 0.108 e. The van der Waals surface area contributed by atoms with Gasteiger partial charge in [0, 0.05) is 0 Å². The average molecular weight is 379 g/mol. The minimum Gasteiger partial charge on any atom is -0.362 e. The van der Waals surface area contributed by atoms with Crippen molar-refractivity contribution in [3.8, 4) is 24.7 Å². The predicted octanol–water partition coefficient (Wildman–Crippen LogP) is 4.68. The van der Waals surface area contributed by atoms with Crippen LogP contribution in [0.1, 0.15) is 64.2 Å². The van der Waals surface area contributed by atoms with Crippen molar-refractivity contribution in [2.75, 3.05) is 13.2 Å². The predicted molar refractivity (Wildman–Crippen MR) is 109 cm³/mol. The van der Waals surface area contributed by atoms with E-state index in [9.17, 15) is 0 Å². The summed E-state index contributed by atoms with van der Waals surface area (Å²) in [6, 6.07) is 0. The molecule has 2 heteroatoms. The second-order valence-electron chi connectivity index (χ2n) is 11.4. The summed E-state index contributed by atoms with van der Waals surface area (Å²) in [6.07, 6.45) is 24.9. The summed E-state index contributed by atoms with van der Waals surface area (Å²) in [4.78, 5) is 0. The third kappa shape index (κ3) is 2.44. The molecular weight excluding hydrogens is 344 g/mol. The Kier molecular flexibility index (Phi) is 4.00. The summed E-state index contributed by atoms with van der Waals surface area (Å²) in [5, 5.41) is 0. The average Bonchev–Trinajstić information content (AvgIpc) is 2.65. The van der Waals surface area contributed by atoms with Crippen molar-refractivity contribution in [2.24, 2.45) is 47.3 Å². The molecule has 6 unspecified atom stereocenters. The number of fused-ring (bicyclic) bond motifs is 1. The van der Waals surface area contributed by atoms with Gasteiger partial charge in [0.05, 0.1) is 11.2 Å². The summed E-state index contributed by atoms with van der Waals surface area (Å²) in [7, 11) is 0. The summed E-state index contributed by atoms with van der Waals surface area (Å²) >= 11 is 0. The standard InChI is InChI=1S/C26H34O2/c1-3-5-27-25-13-17-7-18(14-25)10-21(9-17)23(25)24-22-11-19-8-20(12-22)16-26(24,15-19)28-6-4-2/h1-2,17-24H,5-16H2. The van der Waals surface area contributed by atoms with E-state index in [0.29, 0.717) is 25.0 Å². The van der Waals surface area contributed by atoms with E-state index in [4.69, 9.17) is 22.3 Å². The van der Waals surface area contributed by atoms with Crippen molar-refractivity contribution < 1.29 is 9.47 Å². The van der Waals surface area contributed by atoms with Crippen LogP contribution in [0.2, 0.25) is 0 Å². The van der Waals surface area contributed by atoms with Crippen LogP contribution < -0.4 is 0 Å². The van der Waals surface area contributed by atoms with Crippen LogP contribution in [0.25, 0.3) is 0 Å². The van der Waals surface area contributed by atoms with Gasteiger partial charge in [0.2, 0.25) is 0 Å². The zero-order valence-corrected chi connectivity index (χ0v) is 17.1. The molecule has 0 saturated heterocycles. The molecule has 0 aromatic carbocycles. The van der Waals surface area contributed by atoms with Crippen molar-refractivity contribution in [1.82, 2.24) is 0 Å². The lowest BCUT2D eigenvalue weighted by atomic mass is 9.39. The fourth-order valence-electron chi connectivity index (χ4n) is 10.1. The topological polar surface area (TPSA) is 18.5 Å². The molecule has 0 N–H and O–H groups in total. The molecule has 0 aromatic rings. The first-order valence-corrected chi connectivity index (χ1v) is 11.8. The van der Waals surface area contributed by atoms with Gasteiger partial charge < -0.3 is 9.47 Å². The molecule has 8 aliphatic rings. The molecule has 8 saturated carbocycles. The van der Waals surface area contributed by atoms with E-state index in [0.717, 1.165) is 35.5 Å². The third-order valence-electron chi connectivity index (χ3n) is 9.92. The van der Waals surface area contributed by atoms with Gasteiger partial charge in [-0.15, -0.1) is 12.8 Å². The lowest BCUT2D eigenvalue weighted by Gasteiger charge is -2.69. The fourth-order valence-corrected chi connectivity index (χ4v) is 10.1. The number of terminal acetylenes is 2. The number of hydrogen-bond acceptors (Lipinski definition) is 2. The monoisotopic (exact) mass is 378 g/mol. The van der Waals surface area contributed by atoms with E-state index in [1.807, 2.05) is 0 Å².